The molecular weight excluding hydrogens is 307 g/mol. The lowest BCUT2D eigenvalue weighted by molar-refractivity contribution is 0.208. The second kappa shape index (κ2) is 7.53. The standard InChI is InChI=1S/C19H23FN2O2/c1-24-19-11-14(4-9-18(19)23)12-22-10-2-3-17(13-22)21-16-7-5-15(20)6-8-16/h4-9,11,17,21,23H,2-3,10,12-13H2,1H3. The van der Waals surface area contributed by atoms with E-state index in [-0.39, 0.29) is 11.6 Å². The predicted molar refractivity (Wildman–Crippen MR) is 93.0 cm³/mol. The average Bonchev–Trinajstić information content (AvgIpc) is 2.59. The van der Waals surface area contributed by atoms with Crippen LogP contribution >= 0.6 is 0 Å². The van der Waals surface area contributed by atoms with Crippen LogP contribution in [0.4, 0.5) is 10.1 Å². The maximum Gasteiger partial charge on any atom is 0.160 e. The van der Waals surface area contributed by atoms with Crippen LogP contribution in [-0.4, -0.2) is 36.2 Å². The van der Waals surface area contributed by atoms with Crippen molar-refractivity contribution in [2.24, 2.45) is 0 Å². The van der Waals surface area contributed by atoms with Crippen LogP contribution in [0.15, 0.2) is 42.5 Å². The summed E-state index contributed by atoms with van der Waals surface area (Å²) >= 11 is 0. The number of phenolic OH excluding ortho intramolecular Hbond substituents is 1. The normalized spacial score (nSPS) is 18.3. The van der Waals surface area contributed by atoms with Gasteiger partial charge in [0.2, 0.25) is 0 Å². The Hall–Kier alpha value is -2.27. The number of benzene rings is 2. The molecule has 1 aliphatic heterocycles. The van der Waals surface area contributed by atoms with Crippen molar-refractivity contribution in [3.8, 4) is 11.5 Å². The lowest BCUT2D eigenvalue weighted by atomic mass is 10.0. The molecule has 0 spiro atoms. The molecule has 0 saturated carbocycles. The fourth-order valence-corrected chi connectivity index (χ4v) is 3.18. The summed E-state index contributed by atoms with van der Waals surface area (Å²) in [5.74, 6) is 0.452. The monoisotopic (exact) mass is 330 g/mol. The molecule has 2 aromatic rings. The average molecular weight is 330 g/mol. The number of hydrogen-bond donors (Lipinski definition) is 2. The molecule has 0 amide bonds. The van der Waals surface area contributed by atoms with Gasteiger partial charge in [0.25, 0.3) is 0 Å². The van der Waals surface area contributed by atoms with E-state index in [1.807, 2.05) is 12.1 Å². The second-order valence-electron chi connectivity index (χ2n) is 6.23. The van der Waals surface area contributed by atoms with Gasteiger partial charge in [-0.3, -0.25) is 4.90 Å². The molecular formula is C19H23FN2O2. The first-order valence-corrected chi connectivity index (χ1v) is 8.24. The van der Waals surface area contributed by atoms with E-state index in [2.05, 4.69) is 10.2 Å². The number of nitrogens with zero attached hydrogens (tertiary/aromatic N) is 1. The molecule has 128 valence electrons. The minimum atomic E-state index is -0.216. The van der Waals surface area contributed by atoms with Crippen molar-refractivity contribution in [2.75, 3.05) is 25.5 Å². The predicted octanol–water partition coefficient (Wildman–Crippen LogP) is 3.62. The zero-order valence-electron chi connectivity index (χ0n) is 13.8. The molecule has 1 fully saturated rings. The first-order valence-electron chi connectivity index (χ1n) is 8.24. The van der Waals surface area contributed by atoms with E-state index >= 15 is 0 Å². The van der Waals surface area contributed by atoms with Crippen LogP contribution in [-0.2, 0) is 6.54 Å². The summed E-state index contributed by atoms with van der Waals surface area (Å²) in [4.78, 5) is 2.39. The Balaban J connectivity index is 1.60. The molecule has 0 radical (unpaired) electrons. The van der Waals surface area contributed by atoms with Crippen LogP contribution in [0.2, 0.25) is 0 Å². The van der Waals surface area contributed by atoms with E-state index in [9.17, 15) is 9.50 Å². The molecule has 5 heteroatoms. The Morgan fingerprint density at radius 2 is 2.04 bits per heavy atom. The van der Waals surface area contributed by atoms with Crippen LogP contribution in [0.25, 0.3) is 0 Å². The topological polar surface area (TPSA) is 44.7 Å². The molecule has 2 aromatic carbocycles. The molecule has 4 nitrogen and oxygen atoms in total. The smallest absolute Gasteiger partial charge is 0.160 e. The number of rotatable bonds is 5. The maximum atomic E-state index is 13.0. The molecule has 1 saturated heterocycles. The van der Waals surface area contributed by atoms with Gasteiger partial charge in [0.15, 0.2) is 11.5 Å². The number of ether oxygens (including phenoxy) is 1. The molecule has 0 aliphatic carbocycles. The SMILES string of the molecule is COc1cc(CN2CCCC(Nc3ccc(F)cc3)C2)ccc1O. The Morgan fingerprint density at radius 3 is 2.79 bits per heavy atom. The number of likely N-dealkylation sites (tertiary alicyclic amines) is 1. The fourth-order valence-electron chi connectivity index (χ4n) is 3.18. The van der Waals surface area contributed by atoms with Crippen molar-refractivity contribution < 1.29 is 14.2 Å². The fraction of sp³-hybridized carbons (Fsp3) is 0.368. The van der Waals surface area contributed by atoms with Crippen LogP contribution in [0.5, 0.6) is 11.5 Å². The number of aromatic hydroxyl groups is 1. The lowest BCUT2D eigenvalue weighted by Gasteiger charge is -2.33. The van der Waals surface area contributed by atoms with Gasteiger partial charge in [0.1, 0.15) is 5.82 Å². The van der Waals surface area contributed by atoms with Crippen molar-refractivity contribution in [2.45, 2.75) is 25.4 Å². The van der Waals surface area contributed by atoms with Gasteiger partial charge in [-0.25, -0.2) is 4.39 Å². The van der Waals surface area contributed by atoms with Gasteiger partial charge in [-0.1, -0.05) is 6.07 Å². The quantitative estimate of drug-likeness (QED) is 0.879. The first-order chi connectivity index (χ1) is 11.6. The minimum absolute atomic E-state index is 0.163. The molecule has 1 heterocycles. The van der Waals surface area contributed by atoms with Crippen LogP contribution in [0.1, 0.15) is 18.4 Å². The van der Waals surface area contributed by atoms with Crippen LogP contribution in [0, 0.1) is 5.82 Å². The third-order valence-electron chi connectivity index (χ3n) is 4.37. The minimum Gasteiger partial charge on any atom is -0.504 e. The molecule has 3 rings (SSSR count). The molecule has 0 aromatic heterocycles. The second-order valence-corrected chi connectivity index (χ2v) is 6.23. The summed E-state index contributed by atoms with van der Waals surface area (Å²) in [5.41, 5.74) is 2.07. The van der Waals surface area contributed by atoms with Crippen molar-refractivity contribution >= 4 is 5.69 Å². The van der Waals surface area contributed by atoms with E-state index in [0.717, 1.165) is 43.7 Å². The summed E-state index contributed by atoms with van der Waals surface area (Å²) in [6.07, 6.45) is 2.22. The number of piperidine rings is 1. The third kappa shape index (κ3) is 4.17. The van der Waals surface area contributed by atoms with E-state index in [0.29, 0.717) is 11.8 Å². The van der Waals surface area contributed by atoms with Crippen LogP contribution < -0.4 is 10.1 Å². The van der Waals surface area contributed by atoms with Gasteiger partial charge >= 0.3 is 0 Å². The zero-order valence-corrected chi connectivity index (χ0v) is 13.8. The Kier molecular flexibility index (Phi) is 5.20. The van der Waals surface area contributed by atoms with Gasteiger partial charge in [-0.05, 0) is 61.3 Å². The Morgan fingerprint density at radius 1 is 1.25 bits per heavy atom. The molecule has 1 atom stereocenters. The number of halogens is 1. The lowest BCUT2D eigenvalue weighted by Crippen LogP contribution is -2.41. The summed E-state index contributed by atoms with van der Waals surface area (Å²) in [5, 5.41) is 13.2. The van der Waals surface area contributed by atoms with Gasteiger partial charge in [0.05, 0.1) is 7.11 Å². The largest absolute Gasteiger partial charge is 0.504 e. The number of phenols is 1. The Labute approximate surface area is 141 Å². The van der Waals surface area contributed by atoms with Crippen LogP contribution in [0.3, 0.4) is 0 Å². The number of anilines is 1. The highest BCUT2D eigenvalue weighted by Crippen LogP contribution is 2.27. The maximum absolute atomic E-state index is 13.0. The Bertz CT molecular complexity index is 676. The third-order valence-corrected chi connectivity index (χ3v) is 4.37. The number of nitrogens with one attached hydrogen (secondary N) is 1. The van der Waals surface area contributed by atoms with E-state index < -0.39 is 0 Å². The highest BCUT2D eigenvalue weighted by Gasteiger charge is 2.20. The highest BCUT2D eigenvalue weighted by molar-refractivity contribution is 5.44. The molecule has 24 heavy (non-hydrogen) atoms. The first kappa shape index (κ1) is 16.6. The van der Waals surface area contributed by atoms with Crippen molar-refractivity contribution in [3.63, 3.8) is 0 Å². The number of hydrogen-bond acceptors (Lipinski definition) is 4. The van der Waals surface area contributed by atoms with E-state index in [1.54, 1.807) is 25.3 Å². The van der Waals surface area contributed by atoms with Crippen molar-refractivity contribution in [1.29, 1.82) is 0 Å². The van der Waals surface area contributed by atoms with E-state index in [4.69, 9.17) is 4.74 Å². The van der Waals surface area contributed by atoms with Crippen molar-refractivity contribution in [1.82, 2.24) is 4.90 Å². The van der Waals surface area contributed by atoms with Gasteiger partial charge < -0.3 is 15.2 Å². The van der Waals surface area contributed by atoms with Gasteiger partial charge in [-0.2, -0.15) is 0 Å². The summed E-state index contributed by atoms with van der Waals surface area (Å²) in [6.45, 7) is 2.80. The highest BCUT2D eigenvalue weighted by atomic mass is 19.1. The molecule has 1 unspecified atom stereocenters. The molecule has 2 N–H and O–H groups in total. The summed E-state index contributed by atoms with van der Waals surface area (Å²) < 4.78 is 18.2. The van der Waals surface area contributed by atoms with Gasteiger partial charge in [-0.15, -0.1) is 0 Å². The van der Waals surface area contributed by atoms with Gasteiger partial charge in [0, 0.05) is 24.8 Å². The zero-order chi connectivity index (χ0) is 16.9. The summed E-state index contributed by atoms with van der Waals surface area (Å²) in [6, 6.07) is 12.3. The van der Waals surface area contributed by atoms with E-state index in [1.165, 1.54) is 12.1 Å². The summed E-state index contributed by atoms with van der Waals surface area (Å²) in [7, 11) is 1.56. The molecule has 0 bridgehead atoms. The molecule has 1 aliphatic rings. The van der Waals surface area contributed by atoms with Crippen molar-refractivity contribution in [3.05, 3.63) is 53.8 Å². The number of methoxy groups -OCH3 is 1.